The summed E-state index contributed by atoms with van der Waals surface area (Å²) in [7, 11) is 0. The van der Waals surface area contributed by atoms with Crippen LogP contribution < -0.4 is 15.4 Å². The van der Waals surface area contributed by atoms with Crippen molar-refractivity contribution in [3.8, 4) is 5.75 Å². The molecule has 2 aromatic carbocycles. The van der Waals surface area contributed by atoms with Crippen molar-refractivity contribution in [1.29, 1.82) is 0 Å². The highest BCUT2D eigenvalue weighted by molar-refractivity contribution is 9.10. The topological polar surface area (TPSA) is 50.4 Å². The highest BCUT2D eigenvalue weighted by atomic mass is 79.9. The highest BCUT2D eigenvalue weighted by Gasteiger charge is 2.03. The summed E-state index contributed by atoms with van der Waals surface area (Å²) in [5.41, 5.74) is 2.54. The summed E-state index contributed by atoms with van der Waals surface area (Å²) >= 11 is 3.37. The Morgan fingerprint density at radius 3 is 2.65 bits per heavy atom. The van der Waals surface area contributed by atoms with Crippen LogP contribution in [0.3, 0.4) is 0 Å². The lowest BCUT2D eigenvalue weighted by Crippen LogP contribution is -2.21. The van der Waals surface area contributed by atoms with Gasteiger partial charge in [0.2, 0.25) is 5.91 Å². The van der Waals surface area contributed by atoms with Crippen molar-refractivity contribution in [3.05, 3.63) is 65.2 Å². The van der Waals surface area contributed by atoms with Crippen molar-refractivity contribution in [1.82, 2.24) is 0 Å². The second kappa shape index (κ2) is 8.39. The van der Waals surface area contributed by atoms with Gasteiger partial charge in [0.15, 0.2) is 0 Å². The fourth-order valence-corrected chi connectivity index (χ4v) is 2.26. The number of benzene rings is 2. The fourth-order valence-electron chi connectivity index (χ4n) is 1.86. The monoisotopic (exact) mass is 374 g/mol. The van der Waals surface area contributed by atoms with Gasteiger partial charge in [0.1, 0.15) is 12.4 Å². The lowest BCUT2D eigenvalue weighted by Gasteiger charge is -2.10. The summed E-state index contributed by atoms with van der Waals surface area (Å²) in [6.45, 7) is 6.37. The molecule has 23 heavy (non-hydrogen) atoms. The van der Waals surface area contributed by atoms with E-state index in [4.69, 9.17) is 4.74 Å². The van der Waals surface area contributed by atoms with Crippen LogP contribution in [-0.2, 0) is 4.79 Å². The van der Waals surface area contributed by atoms with Crippen LogP contribution in [0, 0.1) is 0 Å². The van der Waals surface area contributed by atoms with Crippen LogP contribution >= 0.6 is 15.9 Å². The van der Waals surface area contributed by atoms with Crippen molar-refractivity contribution in [2.45, 2.75) is 6.92 Å². The van der Waals surface area contributed by atoms with Crippen molar-refractivity contribution in [2.24, 2.45) is 0 Å². The van der Waals surface area contributed by atoms with Crippen LogP contribution in [0.15, 0.2) is 65.2 Å². The van der Waals surface area contributed by atoms with Crippen LogP contribution in [0.25, 0.3) is 0 Å². The third-order valence-corrected chi connectivity index (χ3v) is 3.37. The lowest BCUT2D eigenvalue weighted by molar-refractivity contribution is -0.114. The number of anilines is 2. The molecule has 0 fully saturated rings. The van der Waals surface area contributed by atoms with Gasteiger partial charge in [0, 0.05) is 21.9 Å². The SMILES string of the molecule is C=C(C)COc1cccc(NCC(=O)Nc2cccc(Br)c2)c1. The molecule has 0 saturated carbocycles. The van der Waals surface area contributed by atoms with Gasteiger partial charge in [-0.2, -0.15) is 0 Å². The summed E-state index contributed by atoms with van der Waals surface area (Å²) < 4.78 is 6.50. The summed E-state index contributed by atoms with van der Waals surface area (Å²) in [6.07, 6.45) is 0. The molecule has 1 amide bonds. The molecule has 120 valence electrons. The second-order valence-corrected chi connectivity index (χ2v) is 6.10. The first-order chi connectivity index (χ1) is 11.0. The Labute approximate surface area is 144 Å². The van der Waals surface area contributed by atoms with E-state index in [-0.39, 0.29) is 12.5 Å². The molecule has 0 aliphatic rings. The van der Waals surface area contributed by atoms with E-state index in [0.29, 0.717) is 6.61 Å². The molecule has 0 aromatic heterocycles. The first kappa shape index (κ1) is 17.1. The van der Waals surface area contributed by atoms with Crippen LogP contribution in [-0.4, -0.2) is 19.1 Å². The van der Waals surface area contributed by atoms with E-state index in [1.165, 1.54) is 0 Å². The largest absolute Gasteiger partial charge is 0.489 e. The molecule has 0 saturated heterocycles. The van der Waals surface area contributed by atoms with Gasteiger partial charge in [0.05, 0.1) is 6.54 Å². The molecule has 0 aliphatic heterocycles. The predicted molar refractivity (Wildman–Crippen MR) is 98.0 cm³/mol. The smallest absolute Gasteiger partial charge is 0.243 e. The van der Waals surface area contributed by atoms with E-state index in [9.17, 15) is 4.79 Å². The number of rotatable bonds is 7. The van der Waals surface area contributed by atoms with E-state index >= 15 is 0 Å². The zero-order chi connectivity index (χ0) is 16.7. The molecule has 0 unspecified atom stereocenters. The predicted octanol–water partition coefficient (Wildman–Crippen LogP) is 4.45. The molecule has 2 rings (SSSR count). The minimum absolute atomic E-state index is 0.114. The molecule has 4 nitrogen and oxygen atoms in total. The second-order valence-electron chi connectivity index (χ2n) is 5.19. The summed E-state index contributed by atoms with van der Waals surface area (Å²) in [6, 6.07) is 15.0. The van der Waals surface area contributed by atoms with Crippen LogP contribution in [0.5, 0.6) is 5.75 Å². The van der Waals surface area contributed by atoms with Gasteiger partial charge < -0.3 is 15.4 Å². The molecule has 5 heteroatoms. The van der Waals surface area contributed by atoms with Gasteiger partial charge in [-0.1, -0.05) is 34.6 Å². The Balaban J connectivity index is 1.86. The number of carbonyl (C=O) groups excluding carboxylic acids is 1. The van der Waals surface area contributed by atoms with Crippen LogP contribution in [0.1, 0.15) is 6.92 Å². The molecule has 2 aromatic rings. The number of hydrogen-bond donors (Lipinski definition) is 2. The van der Waals surface area contributed by atoms with Gasteiger partial charge in [0.25, 0.3) is 0 Å². The van der Waals surface area contributed by atoms with Gasteiger partial charge in [-0.25, -0.2) is 0 Å². The van der Waals surface area contributed by atoms with E-state index in [2.05, 4.69) is 33.1 Å². The van der Waals surface area contributed by atoms with Crippen molar-refractivity contribution in [3.63, 3.8) is 0 Å². The van der Waals surface area contributed by atoms with E-state index < -0.39 is 0 Å². The minimum Gasteiger partial charge on any atom is -0.489 e. The highest BCUT2D eigenvalue weighted by Crippen LogP contribution is 2.18. The first-order valence-corrected chi connectivity index (χ1v) is 7.99. The maximum absolute atomic E-state index is 12.0. The maximum Gasteiger partial charge on any atom is 0.243 e. The molecule has 0 heterocycles. The number of nitrogens with one attached hydrogen (secondary N) is 2. The average molecular weight is 375 g/mol. The Bertz CT molecular complexity index is 701. The van der Waals surface area contributed by atoms with Gasteiger partial charge in [-0.05, 0) is 42.8 Å². The third-order valence-electron chi connectivity index (χ3n) is 2.88. The van der Waals surface area contributed by atoms with Crippen molar-refractivity contribution in [2.75, 3.05) is 23.8 Å². The van der Waals surface area contributed by atoms with E-state index in [0.717, 1.165) is 27.2 Å². The molecule has 2 N–H and O–H groups in total. The zero-order valence-corrected chi connectivity index (χ0v) is 14.5. The van der Waals surface area contributed by atoms with Crippen LogP contribution in [0.4, 0.5) is 11.4 Å². The fraction of sp³-hybridized carbons (Fsp3) is 0.167. The van der Waals surface area contributed by atoms with Crippen molar-refractivity contribution >= 4 is 33.2 Å². The number of carbonyl (C=O) groups is 1. The molecule has 0 radical (unpaired) electrons. The Kier molecular flexibility index (Phi) is 6.23. The Morgan fingerprint density at radius 1 is 1.17 bits per heavy atom. The molecular weight excluding hydrogens is 356 g/mol. The van der Waals surface area contributed by atoms with Gasteiger partial charge in [-0.15, -0.1) is 0 Å². The molecule has 0 bridgehead atoms. The van der Waals surface area contributed by atoms with Crippen molar-refractivity contribution < 1.29 is 9.53 Å². The molecular formula is C18H19BrN2O2. The van der Waals surface area contributed by atoms with Crippen LogP contribution in [0.2, 0.25) is 0 Å². The number of hydrogen-bond acceptors (Lipinski definition) is 3. The van der Waals surface area contributed by atoms with E-state index in [1.807, 2.05) is 55.5 Å². The normalized spacial score (nSPS) is 10.0. The minimum atomic E-state index is -0.114. The maximum atomic E-state index is 12.0. The first-order valence-electron chi connectivity index (χ1n) is 7.19. The third kappa shape index (κ3) is 6.16. The number of amides is 1. The Morgan fingerprint density at radius 2 is 1.91 bits per heavy atom. The summed E-state index contributed by atoms with van der Waals surface area (Å²) in [5.74, 6) is 0.627. The Hall–Kier alpha value is -2.27. The molecule has 0 spiro atoms. The average Bonchev–Trinajstić information content (AvgIpc) is 2.51. The standard InChI is InChI=1S/C18H19BrN2O2/c1-13(2)12-23-17-8-4-6-15(10-17)20-11-18(22)21-16-7-3-5-14(19)9-16/h3-10,20H,1,11-12H2,2H3,(H,21,22). The van der Waals surface area contributed by atoms with E-state index in [1.54, 1.807) is 0 Å². The number of halogens is 1. The molecule has 0 atom stereocenters. The summed E-state index contributed by atoms with van der Waals surface area (Å²) in [5, 5.41) is 5.91. The lowest BCUT2D eigenvalue weighted by atomic mass is 10.3. The summed E-state index contributed by atoms with van der Waals surface area (Å²) in [4.78, 5) is 12.0. The quantitative estimate of drug-likeness (QED) is 0.703. The molecule has 0 aliphatic carbocycles. The van der Waals surface area contributed by atoms with Gasteiger partial charge >= 0.3 is 0 Å². The van der Waals surface area contributed by atoms with Gasteiger partial charge in [-0.3, -0.25) is 4.79 Å². The zero-order valence-electron chi connectivity index (χ0n) is 12.9. The number of ether oxygens (including phenoxy) is 1.